The van der Waals surface area contributed by atoms with Crippen molar-refractivity contribution in [2.45, 2.75) is 130 Å². The van der Waals surface area contributed by atoms with E-state index in [4.69, 9.17) is 33.5 Å². The minimum absolute atomic E-state index is 0.186. The predicted molar refractivity (Wildman–Crippen MR) is 249 cm³/mol. The molecule has 1 aliphatic heterocycles. The number of ether oxygens (including phenoxy) is 5. The molecule has 0 spiro atoms. The molecular weight excluding hydrogens is 883 g/mol. The van der Waals surface area contributed by atoms with E-state index in [1.165, 1.54) is 49.2 Å². The molecule has 2 unspecified atom stereocenters. The number of carbonyl (C=O) groups excluding carboxylic acids is 5. The fourth-order valence-corrected chi connectivity index (χ4v) is 13.4. The maximum atomic E-state index is 13.8. The summed E-state index contributed by atoms with van der Waals surface area (Å²) in [6.07, 6.45) is 21.8. The van der Waals surface area contributed by atoms with Crippen LogP contribution in [0.4, 0.5) is 0 Å². The summed E-state index contributed by atoms with van der Waals surface area (Å²) < 4.78 is 26.8. The van der Waals surface area contributed by atoms with Gasteiger partial charge >= 0.3 is 29.8 Å². The third-order valence-corrected chi connectivity index (χ3v) is 17.3. The van der Waals surface area contributed by atoms with Gasteiger partial charge in [-0.1, -0.05) is 19.2 Å². The van der Waals surface area contributed by atoms with Crippen LogP contribution in [0.15, 0.2) is 59.9 Å². The number of thioether (sulfide) groups is 2. The van der Waals surface area contributed by atoms with Crippen molar-refractivity contribution < 1.29 is 57.4 Å². The van der Waals surface area contributed by atoms with Gasteiger partial charge in [0.2, 0.25) is 0 Å². The Morgan fingerprint density at radius 3 is 1.55 bits per heavy atom. The van der Waals surface area contributed by atoms with Crippen molar-refractivity contribution in [3.05, 3.63) is 50.1 Å². The number of esters is 5. The highest BCUT2D eigenvalue weighted by atomic mass is 32.2. The first-order valence-corrected chi connectivity index (χ1v) is 25.8. The molecule has 0 saturated heterocycles. The molecule has 66 heavy (non-hydrogen) atoms. The number of hydrogen-bond donors (Lipinski definition) is 0. The lowest BCUT2D eigenvalue weighted by Crippen LogP contribution is -2.30. The van der Waals surface area contributed by atoms with Crippen molar-refractivity contribution in [2.75, 3.05) is 33.0 Å². The maximum Gasteiger partial charge on any atom is 0.330 e. The molecular formula is C51H67NO12S2. The zero-order valence-electron chi connectivity index (χ0n) is 38.2. The van der Waals surface area contributed by atoms with E-state index in [1.807, 2.05) is 0 Å². The molecule has 1 aromatic carbocycles. The molecule has 0 radical (unpaired) electrons. The summed E-state index contributed by atoms with van der Waals surface area (Å²) in [5.41, 5.74) is 0. The number of nitriles is 1. The summed E-state index contributed by atoms with van der Waals surface area (Å²) in [6, 6.07) is 5.38. The Bertz CT molecular complexity index is 1880. The summed E-state index contributed by atoms with van der Waals surface area (Å²) >= 11 is 2.44. The van der Waals surface area contributed by atoms with Gasteiger partial charge in [0.1, 0.15) is 24.7 Å². The average molecular weight is 950 g/mol. The smallest absolute Gasteiger partial charge is 0.330 e. The number of rotatable bonds is 22. The van der Waals surface area contributed by atoms with E-state index >= 15 is 0 Å². The molecule has 0 bridgehead atoms. The summed E-state index contributed by atoms with van der Waals surface area (Å²) in [7, 11) is 0. The molecule has 2 atom stereocenters. The van der Waals surface area contributed by atoms with E-state index in [0.29, 0.717) is 83.0 Å². The van der Waals surface area contributed by atoms with Gasteiger partial charge in [-0.2, -0.15) is 5.26 Å². The Balaban J connectivity index is 1.00. The largest absolute Gasteiger partial charge is 0.463 e. The highest BCUT2D eigenvalue weighted by molar-refractivity contribution is 8.19. The van der Waals surface area contributed by atoms with Crippen molar-refractivity contribution in [3.8, 4) is 17.6 Å². The zero-order chi connectivity index (χ0) is 46.8. The Hall–Kier alpha value is -4.10. The van der Waals surface area contributed by atoms with Crippen molar-refractivity contribution in [3.63, 3.8) is 0 Å². The second-order valence-corrected chi connectivity index (χ2v) is 21.0. The van der Waals surface area contributed by atoms with Gasteiger partial charge in [-0.3, -0.25) is 14.4 Å². The van der Waals surface area contributed by atoms with Gasteiger partial charge in [0.15, 0.2) is 5.92 Å². The Morgan fingerprint density at radius 2 is 1.06 bits per heavy atom. The molecule has 4 fully saturated rings. The van der Waals surface area contributed by atoms with Gasteiger partial charge in [0, 0.05) is 12.2 Å². The Kier molecular flexibility index (Phi) is 20.6. The van der Waals surface area contributed by atoms with Gasteiger partial charge in [0.05, 0.1) is 52.1 Å². The van der Waals surface area contributed by atoms with E-state index in [9.17, 15) is 29.2 Å². The predicted octanol–water partition coefficient (Wildman–Crippen LogP) is 10.3. The van der Waals surface area contributed by atoms with Gasteiger partial charge < -0.3 is 23.7 Å². The standard InChI is InChI=1S/C51H67NO12S2/c1-4-33-9-13-35(14-10-33)37-17-21-39(22-18-37)48(55)63-42-25-26-43(47-46(42)65-51(66-47)41(31-52)50(57)60-30-29-59-45(54)6-3)64-49(56)40-23-19-38(20-24-40)36-15-11-34(12-16-36)32-62-61-28-8-7-27-58-44(53)5-2/h4-6,25-26,33-41,51H,1-3,7-24,27-30,32H2. The van der Waals surface area contributed by atoms with E-state index < -0.39 is 28.4 Å². The SMILES string of the molecule is C=CC(=O)OCCCCOOCC1CCC(C2CCC(C(=O)Oc3ccc(OC(=O)C4CCC(C5CCC(C=C)CC5)CC4)c4c3SC(C(C#N)C(=O)OCCOC(=O)C=C)S4)CC2)CC1. The van der Waals surface area contributed by atoms with Gasteiger partial charge in [-0.05, 0) is 163 Å². The summed E-state index contributed by atoms with van der Waals surface area (Å²) in [5, 5.41) is 10.2. The molecule has 0 N–H and O–H groups in total. The molecule has 0 amide bonds. The number of benzene rings is 1. The minimum Gasteiger partial charge on any atom is -0.463 e. The molecule has 4 aliphatic carbocycles. The van der Waals surface area contributed by atoms with Crippen LogP contribution < -0.4 is 9.47 Å². The van der Waals surface area contributed by atoms with Crippen LogP contribution in [0.3, 0.4) is 0 Å². The first-order chi connectivity index (χ1) is 32.1. The van der Waals surface area contributed by atoms with Crippen molar-refractivity contribution in [1.82, 2.24) is 0 Å². The van der Waals surface area contributed by atoms with Crippen LogP contribution in [0.5, 0.6) is 11.5 Å². The second kappa shape index (κ2) is 26.4. The highest BCUT2D eigenvalue weighted by Crippen LogP contribution is 2.58. The van der Waals surface area contributed by atoms with Crippen LogP contribution in [-0.4, -0.2) is 67.5 Å². The third-order valence-electron chi connectivity index (χ3n) is 14.3. The normalized spacial score (nSPS) is 27.7. The minimum atomic E-state index is -1.23. The zero-order valence-corrected chi connectivity index (χ0v) is 39.8. The molecule has 13 nitrogen and oxygen atoms in total. The highest BCUT2D eigenvalue weighted by Gasteiger charge is 2.42. The van der Waals surface area contributed by atoms with E-state index in [-0.39, 0.29) is 37.0 Å². The van der Waals surface area contributed by atoms with Gasteiger partial charge in [0.25, 0.3) is 0 Å². The number of unbranched alkanes of at least 4 members (excludes halogenated alkanes) is 1. The lowest BCUT2D eigenvalue weighted by Gasteiger charge is -2.37. The number of carbonyl (C=O) groups is 5. The fourth-order valence-electron chi connectivity index (χ4n) is 10.4. The van der Waals surface area contributed by atoms with Gasteiger partial charge in [-0.15, -0.1) is 30.1 Å². The maximum absolute atomic E-state index is 13.8. The number of fused-ring (bicyclic) bond motifs is 1. The fraction of sp³-hybridized carbons (Fsp3) is 0.647. The molecule has 0 aromatic heterocycles. The molecule has 5 aliphatic rings. The lowest BCUT2D eigenvalue weighted by atomic mass is 9.69. The van der Waals surface area contributed by atoms with Crippen LogP contribution in [0.25, 0.3) is 0 Å². The van der Waals surface area contributed by atoms with E-state index in [0.717, 1.165) is 95.6 Å². The van der Waals surface area contributed by atoms with Crippen LogP contribution in [-0.2, 0) is 48.0 Å². The average Bonchev–Trinajstić information content (AvgIpc) is 3.80. The summed E-state index contributed by atoms with van der Waals surface area (Å²) in [4.78, 5) is 75.2. The Morgan fingerprint density at radius 1 is 0.606 bits per heavy atom. The van der Waals surface area contributed by atoms with E-state index in [2.05, 4.69) is 31.9 Å². The van der Waals surface area contributed by atoms with Crippen LogP contribution >= 0.6 is 23.5 Å². The first-order valence-electron chi connectivity index (χ1n) is 24.1. The number of allylic oxidation sites excluding steroid dienone is 1. The monoisotopic (exact) mass is 949 g/mol. The molecule has 1 heterocycles. The quantitative estimate of drug-likeness (QED) is 0.0157. The van der Waals surface area contributed by atoms with Crippen molar-refractivity contribution in [2.24, 2.45) is 53.3 Å². The molecule has 6 rings (SSSR count). The summed E-state index contributed by atoms with van der Waals surface area (Å²) in [6.45, 7) is 11.6. The number of nitrogens with zero attached hydrogens (tertiary/aromatic N) is 1. The Labute approximate surface area is 398 Å². The molecule has 15 heteroatoms. The summed E-state index contributed by atoms with van der Waals surface area (Å²) in [5.74, 6) is 0.00665. The second-order valence-electron chi connectivity index (χ2n) is 18.4. The van der Waals surface area contributed by atoms with Crippen LogP contribution in [0.1, 0.15) is 116 Å². The van der Waals surface area contributed by atoms with Crippen molar-refractivity contribution >= 4 is 53.4 Å². The number of hydrogen-bond acceptors (Lipinski definition) is 15. The lowest BCUT2D eigenvalue weighted by molar-refractivity contribution is -0.303. The molecule has 360 valence electrons. The van der Waals surface area contributed by atoms with Gasteiger partial charge in [-0.25, -0.2) is 19.4 Å². The topological polar surface area (TPSA) is 174 Å². The first kappa shape index (κ1) is 51.3. The van der Waals surface area contributed by atoms with Crippen molar-refractivity contribution in [1.29, 1.82) is 5.26 Å². The molecule has 4 saturated carbocycles. The third kappa shape index (κ3) is 14.7. The van der Waals surface area contributed by atoms with Crippen LogP contribution in [0.2, 0.25) is 0 Å². The van der Waals surface area contributed by atoms with E-state index in [1.54, 1.807) is 12.1 Å². The molecule has 1 aromatic rings. The van der Waals surface area contributed by atoms with Crippen LogP contribution in [0, 0.1) is 64.6 Å².